The van der Waals surface area contributed by atoms with Gasteiger partial charge in [0.15, 0.2) is 0 Å². The van der Waals surface area contributed by atoms with Gasteiger partial charge in [0.05, 0.1) is 17.3 Å². The van der Waals surface area contributed by atoms with Crippen LogP contribution < -0.4 is 10.6 Å². The van der Waals surface area contributed by atoms with Crippen molar-refractivity contribution < 1.29 is 4.79 Å². The van der Waals surface area contributed by atoms with Crippen LogP contribution in [0.15, 0.2) is 12.1 Å². The molecule has 0 radical (unpaired) electrons. The van der Waals surface area contributed by atoms with Crippen LogP contribution in [0.25, 0.3) is 0 Å². The molecule has 1 rings (SSSR count). The van der Waals surface area contributed by atoms with E-state index in [2.05, 4.69) is 34.4 Å². The number of aromatic nitrogens is 1. The summed E-state index contributed by atoms with van der Waals surface area (Å²) in [6.45, 7) is 6.83. The van der Waals surface area contributed by atoms with Crippen LogP contribution >= 0.6 is 11.6 Å². The number of carbonyl (C=O) groups excluding carboxylic acids is 1. The van der Waals surface area contributed by atoms with Gasteiger partial charge in [0.25, 0.3) is 0 Å². The van der Waals surface area contributed by atoms with E-state index in [9.17, 15) is 4.79 Å². The van der Waals surface area contributed by atoms with Gasteiger partial charge >= 0.3 is 0 Å². The quantitative estimate of drug-likeness (QED) is 0.735. The average Bonchev–Trinajstić information content (AvgIpc) is 2.48. The maximum absolute atomic E-state index is 11.6. The second-order valence-electron chi connectivity index (χ2n) is 4.94. The largest absolute Gasteiger partial charge is 0.370 e. The molecule has 0 atom stereocenters. The van der Waals surface area contributed by atoms with Gasteiger partial charge in [-0.2, -0.15) is 0 Å². The average molecular weight is 313 g/mol. The summed E-state index contributed by atoms with van der Waals surface area (Å²) in [5.41, 5.74) is 0.801. The Bertz CT molecular complexity index is 453. The van der Waals surface area contributed by atoms with E-state index in [1.165, 1.54) is 0 Å². The lowest BCUT2D eigenvalue weighted by molar-refractivity contribution is -0.121. The van der Waals surface area contributed by atoms with E-state index in [0.717, 1.165) is 37.4 Å². The SMILES string of the molecule is CCCNc1ccc(Cl)c(CN(CCC)CC(=O)NC)n1. The molecular formula is C15H25ClN4O. The number of hydrogen-bond acceptors (Lipinski definition) is 4. The molecule has 1 aromatic heterocycles. The van der Waals surface area contributed by atoms with Gasteiger partial charge in [-0.3, -0.25) is 9.69 Å². The Hall–Kier alpha value is -1.33. The zero-order valence-corrected chi connectivity index (χ0v) is 13.8. The molecule has 0 saturated heterocycles. The third kappa shape index (κ3) is 6.31. The summed E-state index contributed by atoms with van der Waals surface area (Å²) in [6.07, 6.45) is 2.01. The van der Waals surface area contributed by atoms with Gasteiger partial charge in [-0.1, -0.05) is 25.4 Å². The maximum atomic E-state index is 11.6. The van der Waals surface area contributed by atoms with Gasteiger partial charge in [0, 0.05) is 20.1 Å². The second kappa shape index (κ2) is 9.58. The fourth-order valence-corrected chi connectivity index (χ4v) is 2.14. The summed E-state index contributed by atoms with van der Waals surface area (Å²) in [7, 11) is 1.65. The van der Waals surface area contributed by atoms with E-state index in [0.29, 0.717) is 18.1 Å². The third-order valence-electron chi connectivity index (χ3n) is 3.03. The van der Waals surface area contributed by atoms with Gasteiger partial charge in [-0.15, -0.1) is 0 Å². The van der Waals surface area contributed by atoms with Crippen molar-refractivity contribution in [3.05, 3.63) is 22.8 Å². The van der Waals surface area contributed by atoms with Gasteiger partial charge in [0.1, 0.15) is 5.82 Å². The Morgan fingerprint density at radius 1 is 1.33 bits per heavy atom. The molecule has 6 heteroatoms. The van der Waals surface area contributed by atoms with Crippen LogP contribution in [0.2, 0.25) is 5.02 Å². The molecule has 0 aliphatic rings. The molecule has 1 amide bonds. The molecule has 0 spiro atoms. The van der Waals surface area contributed by atoms with Crippen LogP contribution in [-0.4, -0.2) is 42.5 Å². The van der Waals surface area contributed by atoms with E-state index in [1.54, 1.807) is 7.05 Å². The van der Waals surface area contributed by atoms with Crippen molar-refractivity contribution in [2.24, 2.45) is 0 Å². The van der Waals surface area contributed by atoms with Crippen LogP contribution in [-0.2, 0) is 11.3 Å². The zero-order valence-electron chi connectivity index (χ0n) is 13.1. The van der Waals surface area contributed by atoms with E-state index in [-0.39, 0.29) is 5.91 Å². The molecule has 0 saturated carbocycles. The summed E-state index contributed by atoms with van der Waals surface area (Å²) in [6, 6.07) is 3.73. The van der Waals surface area contributed by atoms with Gasteiger partial charge in [-0.05, 0) is 31.5 Å². The number of nitrogens with zero attached hydrogens (tertiary/aromatic N) is 2. The van der Waals surface area contributed by atoms with E-state index >= 15 is 0 Å². The standard InChI is InChI=1S/C15H25ClN4O/c1-4-8-18-14-7-6-12(16)13(19-14)10-20(9-5-2)11-15(21)17-3/h6-7H,4-5,8-11H2,1-3H3,(H,17,21)(H,18,19). The summed E-state index contributed by atoms with van der Waals surface area (Å²) in [5, 5.41) is 6.53. The van der Waals surface area contributed by atoms with Crippen molar-refractivity contribution in [1.82, 2.24) is 15.2 Å². The molecule has 21 heavy (non-hydrogen) atoms. The Balaban J connectivity index is 2.78. The van der Waals surface area contributed by atoms with E-state index < -0.39 is 0 Å². The normalized spacial score (nSPS) is 10.7. The van der Waals surface area contributed by atoms with E-state index in [4.69, 9.17) is 11.6 Å². The predicted octanol–water partition coefficient (Wildman–Crippen LogP) is 2.51. The monoisotopic (exact) mass is 312 g/mol. The summed E-state index contributed by atoms with van der Waals surface area (Å²) < 4.78 is 0. The smallest absolute Gasteiger partial charge is 0.233 e. The van der Waals surface area contributed by atoms with Crippen LogP contribution in [0.1, 0.15) is 32.4 Å². The number of nitrogens with one attached hydrogen (secondary N) is 2. The number of anilines is 1. The van der Waals surface area contributed by atoms with Crippen LogP contribution in [0.3, 0.4) is 0 Å². The Morgan fingerprint density at radius 3 is 2.71 bits per heavy atom. The number of likely N-dealkylation sites (N-methyl/N-ethyl adjacent to an activating group) is 1. The molecule has 0 aromatic carbocycles. The predicted molar refractivity (Wildman–Crippen MR) is 87.7 cm³/mol. The highest BCUT2D eigenvalue weighted by Gasteiger charge is 2.13. The first-order chi connectivity index (χ1) is 10.1. The molecule has 0 aliphatic heterocycles. The fraction of sp³-hybridized carbons (Fsp3) is 0.600. The van der Waals surface area contributed by atoms with Crippen molar-refractivity contribution in [1.29, 1.82) is 0 Å². The van der Waals surface area contributed by atoms with Crippen molar-refractivity contribution in [2.75, 3.05) is 32.0 Å². The maximum Gasteiger partial charge on any atom is 0.233 e. The Labute approximate surface area is 132 Å². The number of halogens is 1. The molecule has 5 nitrogen and oxygen atoms in total. The molecule has 118 valence electrons. The highest BCUT2D eigenvalue weighted by molar-refractivity contribution is 6.31. The first-order valence-electron chi connectivity index (χ1n) is 7.42. The molecule has 0 aliphatic carbocycles. The molecule has 1 heterocycles. The summed E-state index contributed by atoms with van der Waals surface area (Å²) in [5.74, 6) is 0.826. The van der Waals surface area contributed by atoms with Crippen molar-refractivity contribution in [3.8, 4) is 0 Å². The first-order valence-corrected chi connectivity index (χ1v) is 7.80. The molecule has 0 bridgehead atoms. The number of rotatable bonds is 9. The van der Waals surface area contributed by atoms with Crippen molar-refractivity contribution in [3.63, 3.8) is 0 Å². The van der Waals surface area contributed by atoms with Crippen molar-refractivity contribution >= 4 is 23.3 Å². The zero-order chi connectivity index (χ0) is 15.7. The minimum Gasteiger partial charge on any atom is -0.370 e. The molecule has 2 N–H and O–H groups in total. The van der Waals surface area contributed by atoms with Gasteiger partial charge in [0.2, 0.25) is 5.91 Å². The minimum atomic E-state index is -0.000153. The third-order valence-corrected chi connectivity index (χ3v) is 3.38. The fourth-order valence-electron chi connectivity index (χ4n) is 1.97. The number of pyridine rings is 1. The second-order valence-corrected chi connectivity index (χ2v) is 5.34. The van der Waals surface area contributed by atoms with Gasteiger partial charge in [-0.25, -0.2) is 4.98 Å². The Morgan fingerprint density at radius 2 is 2.10 bits per heavy atom. The topological polar surface area (TPSA) is 57.3 Å². The Kier molecular flexibility index (Phi) is 8.08. The summed E-state index contributed by atoms with van der Waals surface area (Å²) >= 11 is 6.23. The van der Waals surface area contributed by atoms with Crippen LogP contribution in [0.5, 0.6) is 0 Å². The minimum absolute atomic E-state index is 0.000153. The molecule has 0 fully saturated rings. The lowest BCUT2D eigenvalue weighted by Gasteiger charge is -2.21. The molecule has 0 unspecified atom stereocenters. The highest BCUT2D eigenvalue weighted by atomic mass is 35.5. The van der Waals surface area contributed by atoms with Gasteiger partial charge < -0.3 is 10.6 Å². The van der Waals surface area contributed by atoms with Crippen molar-refractivity contribution in [2.45, 2.75) is 33.2 Å². The lowest BCUT2D eigenvalue weighted by atomic mass is 10.3. The highest BCUT2D eigenvalue weighted by Crippen LogP contribution is 2.18. The first kappa shape index (κ1) is 17.7. The molecule has 1 aromatic rings. The molecular weight excluding hydrogens is 288 g/mol. The number of amides is 1. The van der Waals surface area contributed by atoms with Crippen LogP contribution in [0.4, 0.5) is 5.82 Å². The number of carbonyl (C=O) groups is 1. The van der Waals surface area contributed by atoms with Crippen LogP contribution in [0, 0.1) is 0 Å². The summed E-state index contributed by atoms with van der Waals surface area (Å²) in [4.78, 5) is 18.2. The number of hydrogen-bond donors (Lipinski definition) is 2. The van der Waals surface area contributed by atoms with E-state index in [1.807, 2.05) is 12.1 Å². The lowest BCUT2D eigenvalue weighted by Crippen LogP contribution is -2.36.